The third kappa shape index (κ3) is 1.53. The van der Waals surface area contributed by atoms with Gasteiger partial charge in [0.15, 0.2) is 11.5 Å². The Morgan fingerprint density at radius 3 is 3.07 bits per heavy atom. The molecule has 14 heavy (non-hydrogen) atoms. The number of ether oxygens (including phenoxy) is 2. The highest BCUT2D eigenvalue weighted by Gasteiger charge is 2.22. The highest BCUT2D eigenvalue weighted by molar-refractivity contribution is 6.30. The highest BCUT2D eigenvalue weighted by atomic mass is 35.5. The molecule has 1 aliphatic heterocycles. The molecule has 0 saturated heterocycles. The summed E-state index contributed by atoms with van der Waals surface area (Å²) in [6.07, 6.45) is 0.816. The molecule has 0 spiro atoms. The van der Waals surface area contributed by atoms with Crippen molar-refractivity contribution in [3.63, 3.8) is 0 Å². The van der Waals surface area contributed by atoms with Gasteiger partial charge in [-0.1, -0.05) is 11.6 Å². The van der Waals surface area contributed by atoms with Crippen LogP contribution in [0.15, 0.2) is 12.1 Å². The van der Waals surface area contributed by atoms with Crippen LogP contribution < -0.4 is 15.2 Å². The number of nitrogens with two attached hydrogens (primary N) is 1. The van der Waals surface area contributed by atoms with Crippen molar-refractivity contribution >= 4 is 11.6 Å². The average molecular weight is 214 g/mol. The van der Waals surface area contributed by atoms with Crippen LogP contribution in [0.3, 0.4) is 0 Å². The van der Waals surface area contributed by atoms with Crippen molar-refractivity contribution < 1.29 is 9.47 Å². The molecule has 0 bridgehead atoms. The fourth-order valence-corrected chi connectivity index (χ4v) is 1.83. The summed E-state index contributed by atoms with van der Waals surface area (Å²) in [5.41, 5.74) is 6.88. The van der Waals surface area contributed by atoms with Gasteiger partial charge in [0.1, 0.15) is 0 Å². The van der Waals surface area contributed by atoms with Gasteiger partial charge >= 0.3 is 0 Å². The SMILES string of the molecule is COc1cc(Cl)cc2c1OCC[C@@H]2N. The highest BCUT2D eigenvalue weighted by Crippen LogP contribution is 2.40. The van der Waals surface area contributed by atoms with Crippen LogP contribution >= 0.6 is 11.6 Å². The zero-order valence-corrected chi connectivity index (χ0v) is 8.67. The van der Waals surface area contributed by atoms with Crippen LogP contribution in [0.25, 0.3) is 0 Å². The van der Waals surface area contributed by atoms with Gasteiger partial charge in [-0.3, -0.25) is 0 Å². The second kappa shape index (κ2) is 3.67. The molecule has 2 rings (SSSR count). The lowest BCUT2D eigenvalue weighted by molar-refractivity contribution is 0.253. The summed E-state index contributed by atoms with van der Waals surface area (Å²) < 4.78 is 10.7. The first-order valence-corrected chi connectivity index (χ1v) is 4.86. The summed E-state index contributed by atoms with van der Waals surface area (Å²) in [5, 5.41) is 0.626. The summed E-state index contributed by atoms with van der Waals surface area (Å²) in [6, 6.07) is 3.56. The van der Waals surface area contributed by atoms with Crippen LogP contribution in [-0.2, 0) is 0 Å². The van der Waals surface area contributed by atoms with Crippen molar-refractivity contribution in [2.24, 2.45) is 5.73 Å². The maximum atomic E-state index is 5.94. The molecule has 1 aromatic carbocycles. The van der Waals surface area contributed by atoms with Crippen molar-refractivity contribution in [3.8, 4) is 11.5 Å². The molecule has 0 aliphatic carbocycles. The first-order valence-electron chi connectivity index (χ1n) is 4.48. The fourth-order valence-electron chi connectivity index (χ4n) is 1.61. The fraction of sp³-hybridized carbons (Fsp3) is 0.400. The van der Waals surface area contributed by atoms with Gasteiger partial charge in [0.2, 0.25) is 0 Å². The Hall–Kier alpha value is -0.930. The van der Waals surface area contributed by atoms with Gasteiger partial charge in [-0.2, -0.15) is 0 Å². The van der Waals surface area contributed by atoms with E-state index in [2.05, 4.69) is 0 Å². The van der Waals surface area contributed by atoms with Crippen LogP contribution in [-0.4, -0.2) is 13.7 Å². The number of hydrogen-bond donors (Lipinski definition) is 1. The van der Waals surface area contributed by atoms with Gasteiger partial charge in [0.05, 0.1) is 13.7 Å². The number of benzene rings is 1. The minimum atomic E-state index is -0.00801. The summed E-state index contributed by atoms with van der Waals surface area (Å²) in [6.45, 7) is 0.631. The van der Waals surface area contributed by atoms with Crippen molar-refractivity contribution in [1.29, 1.82) is 0 Å². The molecule has 4 heteroatoms. The normalized spacial score (nSPS) is 19.8. The van der Waals surface area contributed by atoms with Crippen molar-refractivity contribution in [1.82, 2.24) is 0 Å². The van der Waals surface area contributed by atoms with E-state index in [1.54, 1.807) is 13.2 Å². The summed E-state index contributed by atoms with van der Waals surface area (Å²) in [7, 11) is 1.59. The van der Waals surface area contributed by atoms with Crippen LogP contribution in [0.5, 0.6) is 11.5 Å². The van der Waals surface area contributed by atoms with E-state index >= 15 is 0 Å². The molecule has 1 aromatic rings. The van der Waals surface area contributed by atoms with E-state index in [1.807, 2.05) is 6.07 Å². The van der Waals surface area contributed by atoms with Gasteiger partial charge < -0.3 is 15.2 Å². The standard InChI is InChI=1S/C10H12ClNO2/c1-13-9-5-6(11)4-7-8(12)2-3-14-10(7)9/h4-5,8H,2-3,12H2,1H3/t8-/m0/s1. The summed E-state index contributed by atoms with van der Waals surface area (Å²) >= 11 is 5.93. The van der Waals surface area contributed by atoms with E-state index in [0.717, 1.165) is 17.7 Å². The van der Waals surface area contributed by atoms with E-state index < -0.39 is 0 Å². The molecule has 0 amide bonds. The number of halogens is 1. The Bertz CT molecular complexity index is 354. The van der Waals surface area contributed by atoms with Crippen molar-refractivity contribution in [2.45, 2.75) is 12.5 Å². The van der Waals surface area contributed by atoms with E-state index in [9.17, 15) is 0 Å². The van der Waals surface area contributed by atoms with E-state index in [4.69, 9.17) is 26.8 Å². The van der Waals surface area contributed by atoms with Gasteiger partial charge in [0.25, 0.3) is 0 Å². The Kier molecular flexibility index (Phi) is 2.52. The third-order valence-electron chi connectivity index (χ3n) is 2.34. The number of methoxy groups -OCH3 is 1. The molecule has 76 valence electrons. The summed E-state index contributed by atoms with van der Waals surface area (Å²) in [5.74, 6) is 1.39. The van der Waals surface area contributed by atoms with Crippen LogP contribution in [0.1, 0.15) is 18.0 Å². The second-order valence-corrected chi connectivity index (χ2v) is 3.71. The zero-order valence-electron chi connectivity index (χ0n) is 7.92. The first-order chi connectivity index (χ1) is 6.72. The average Bonchev–Trinajstić information content (AvgIpc) is 2.18. The molecule has 1 atom stereocenters. The molecule has 3 nitrogen and oxygen atoms in total. The van der Waals surface area contributed by atoms with Crippen molar-refractivity contribution in [3.05, 3.63) is 22.7 Å². The van der Waals surface area contributed by atoms with Gasteiger partial charge in [-0.25, -0.2) is 0 Å². The quantitative estimate of drug-likeness (QED) is 0.777. The maximum Gasteiger partial charge on any atom is 0.166 e. The molecule has 0 aromatic heterocycles. The summed E-state index contributed by atoms with van der Waals surface area (Å²) in [4.78, 5) is 0. The lowest BCUT2D eigenvalue weighted by Gasteiger charge is -2.24. The van der Waals surface area contributed by atoms with Gasteiger partial charge in [0, 0.05) is 29.1 Å². The number of rotatable bonds is 1. The topological polar surface area (TPSA) is 44.5 Å². The van der Waals surface area contributed by atoms with Crippen LogP contribution in [0.4, 0.5) is 0 Å². The van der Waals surface area contributed by atoms with E-state index in [0.29, 0.717) is 17.4 Å². The Morgan fingerprint density at radius 2 is 2.36 bits per heavy atom. The zero-order chi connectivity index (χ0) is 10.1. The van der Waals surface area contributed by atoms with Crippen molar-refractivity contribution in [2.75, 3.05) is 13.7 Å². The second-order valence-electron chi connectivity index (χ2n) is 3.27. The molecule has 0 saturated carbocycles. The molecule has 0 radical (unpaired) electrons. The monoisotopic (exact) mass is 213 g/mol. The lowest BCUT2D eigenvalue weighted by atomic mass is 10.0. The van der Waals surface area contributed by atoms with Crippen LogP contribution in [0, 0.1) is 0 Å². The van der Waals surface area contributed by atoms with Gasteiger partial charge in [-0.05, 0) is 6.07 Å². The maximum absolute atomic E-state index is 5.94. The molecule has 0 unspecified atom stereocenters. The third-order valence-corrected chi connectivity index (χ3v) is 2.56. The Balaban J connectivity index is 2.54. The largest absolute Gasteiger partial charge is 0.493 e. The van der Waals surface area contributed by atoms with E-state index in [1.165, 1.54) is 0 Å². The van der Waals surface area contributed by atoms with Gasteiger partial charge in [-0.15, -0.1) is 0 Å². The minimum absolute atomic E-state index is 0.00801. The number of fused-ring (bicyclic) bond motifs is 1. The smallest absolute Gasteiger partial charge is 0.166 e. The minimum Gasteiger partial charge on any atom is -0.493 e. The molecular formula is C10H12ClNO2. The Morgan fingerprint density at radius 1 is 1.57 bits per heavy atom. The number of hydrogen-bond acceptors (Lipinski definition) is 3. The molecule has 2 N–H and O–H groups in total. The Labute approximate surface area is 87.8 Å². The predicted molar refractivity (Wildman–Crippen MR) is 55.0 cm³/mol. The first kappa shape index (κ1) is 9.62. The molecular weight excluding hydrogens is 202 g/mol. The van der Waals surface area contributed by atoms with E-state index in [-0.39, 0.29) is 6.04 Å². The lowest BCUT2D eigenvalue weighted by Crippen LogP contribution is -2.20. The molecule has 1 aliphatic rings. The van der Waals surface area contributed by atoms with Crippen LogP contribution in [0.2, 0.25) is 5.02 Å². The predicted octanol–water partition coefficient (Wildman–Crippen LogP) is 2.13. The molecule has 0 fully saturated rings. The molecule has 1 heterocycles.